The van der Waals surface area contributed by atoms with E-state index in [1.165, 1.54) is 22.7 Å². The second-order valence-electron chi connectivity index (χ2n) is 10.3. The number of nitrogens with one attached hydrogen (secondary N) is 2. The second-order valence-corrected chi connectivity index (χ2v) is 11.9. The molecular formula is C30H34N4O5S. The lowest BCUT2D eigenvalue weighted by atomic mass is 9.96. The third-order valence-electron chi connectivity index (χ3n) is 7.05. The number of aliphatic hydroxyl groups is 1. The van der Waals surface area contributed by atoms with Crippen molar-refractivity contribution in [3.8, 4) is 5.75 Å². The Morgan fingerprint density at radius 2 is 1.80 bits per heavy atom. The summed E-state index contributed by atoms with van der Waals surface area (Å²) in [7, 11) is 0. The molecule has 4 rings (SSSR count). The van der Waals surface area contributed by atoms with Crippen LogP contribution in [-0.4, -0.2) is 66.6 Å². The molecule has 3 amide bonds. The van der Waals surface area contributed by atoms with Crippen molar-refractivity contribution >= 4 is 29.5 Å². The molecular weight excluding hydrogens is 528 g/mol. The number of hydrogen-bond acceptors (Lipinski definition) is 7. The van der Waals surface area contributed by atoms with Crippen molar-refractivity contribution in [1.29, 1.82) is 0 Å². The number of aliphatic hydroxyl groups excluding tert-OH is 1. The molecule has 0 bridgehead atoms. The zero-order valence-electron chi connectivity index (χ0n) is 22.7. The number of phenolic OH excluding ortho intramolecular Hbond substituents is 1. The van der Waals surface area contributed by atoms with Gasteiger partial charge in [-0.2, -0.15) is 0 Å². The van der Waals surface area contributed by atoms with Crippen molar-refractivity contribution in [2.75, 3.05) is 5.88 Å². The number of pyridine rings is 1. The van der Waals surface area contributed by atoms with Crippen molar-refractivity contribution in [1.82, 2.24) is 20.5 Å². The van der Waals surface area contributed by atoms with Crippen LogP contribution in [0, 0.1) is 6.92 Å². The van der Waals surface area contributed by atoms with Gasteiger partial charge in [0.2, 0.25) is 5.91 Å². The van der Waals surface area contributed by atoms with E-state index in [1.54, 1.807) is 37.4 Å². The lowest BCUT2D eigenvalue weighted by Gasteiger charge is -2.33. The highest BCUT2D eigenvalue weighted by Gasteiger charge is 2.49. The first kappa shape index (κ1) is 29.1. The number of phenols is 1. The number of benzene rings is 2. The van der Waals surface area contributed by atoms with Gasteiger partial charge in [0, 0.05) is 22.1 Å². The molecule has 1 aromatic heterocycles. The molecule has 0 spiro atoms. The van der Waals surface area contributed by atoms with Gasteiger partial charge in [0.15, 0.2) is 6.10 Å². The van der Waals surface area contributed by atoms with E-state index in [-0.39, 0.29) is 36.1 Å². The van der Waals surface area contributed by atoms with Crippen molar-refractivity contribution in [2.45, 2.75) is 56.7 Å². The average Bonchev–Trinajstić information content (AvgIpc) is 3.27. The van der Waals surface area contributed by atoms with Crippen LogP contribution in [-0.2, 0) is 22.6 Å². The number of hydrogen-bond donors (Lipinski definition) is 4. The lowest BCUT2D eigenvalue weighted by molar-refractivity contribution is -0.147. The third-order valence-corrected chi connectivity index (χ3v) is 8.42. The molecule has 1 aliphatic heterocycles. The van der Waals surface area contributed by atoms with Gasteiger partial charge < -0.3 is 25.7 Å². The zero-order chi connectivity index (χ0) is 28.9. The molecule has 40 heavy (non-hydrogen) atoms. The molecule has 4 N–H and O–H groups in total. The SMILES string of the molecule is Cc1c(O)cccc1C(=O)N[C@@H](Cc1ccccc1)[C@H](O)C(=O)N1CSC(C)(C)[C@H]1C(=O)NCc1ccccn1. The Balaban J connectivity index is 1.56. The number of aromatic hydroxyl groups is 1. The summed E-state index contributed by atoms with van der Waals surface area (Å²) < 4.78 is -0.611. The predicted octanol–water partition coefficient (Wildman–Crippen LogP) is 2.79. The first-order chi connectivity index (χ1) is 19.1. The molecule has 0 saturated carbocycles. The molecule has 1 fully saturated rings. The van der Waals surface area contributed by atoms with Crippen molar-refractivity contribution in [3.05, 3.63) is 95.3 Å². The molecule has 0 unspecified atom stereocenters. The summed E-state index contributed by atoms with van der Waals surface area (Å²) in [6.45, 7) is 5.60. The number of rotatable bonds is 9. The summed E-state index contributed by atoms with van der Waals surface area (Å²) in [5, 5.41) is 27.1. The van der Waals surface area contributed by atoms with E-state index >= 15 is 0 Å². The van der Waals surface area contributed by atoms with E-state index in [2.05, 4.69) is 15.6 Å². The van der Waals surface area contributed by atoms with Crippen LogP contribution in [0.25, 0.3) is 0 Å². The van der Waals surface area contributed by atoms with E-state index in [0.29, 0.717) is 11.3 Å². The number of thioether (sulfide) groups is 1. The Morgan fingerprint density at radius 3 is 2.50 bits per heavy atom. The van der Waals surface area contributed by atoms with Gasteiger partial charge in [0.05, 0.1) is 24.2 Å². The Labute approximate surface area is 238 Å². The Morgan fingerprint density at radius 1 is 1.07 bits per heavy atom. The molecule has 1 saturated heterocycles. The Hall–Kier alpha value is -3.89. The average molecular weight is 563 g/mol. The maximum absolute atomic E-state index is 13.8. The summed E-state index contributed by atoms with van der Waals surface area (Å²) in [5.74, 6) is -1.34. The number of carbonyl (C=O) groups excluding carboxylic acids is 3. The number of aromatic nitrogens is 1. The van der Waals surface area contributed by atoms with E-state index in [9.17, 15) is 24.6 Å². The summed E-state index contributed by atoms with van der Waals surface area (Å²) in [6.07, 6.45) is 0.197. The fourth-order valence-corrected chi connectivity index (χ4v) is 5.90. The largest absolute Gasteiger partial charge is 0.508 e. The highest BCUT2D eigenvalue weighted by atomic mass is 32.2. The van der Waals surface area contributed by atoms with Crippen LogP contribution < -0.4 is 10.6 Å². The number of nitrogens with zero attached hydrogens (tertiary/aromatic N) is 2. The quantitative estimate of drug-likeness (QED) is 0.315. The van der Waals surface area contributed by atoms with Crippen LogP contribution in [0.4, 0.5) is 0 Å². The van der Waals surface area contributed by atoms with Gasteiger partial charge in [-0.25, -0.2) is 0 Å². The van der Waals surface area contributed by atoms with Gasteiger partial charge in [-0.05, 0) is 57.0 Å². The summed E-state index contributed by atoms with van der Waals surface area (Å²) in [4.78, 5) is 46.0. The van der Waals surface area contributed by atoms with E-state index in [1.807, 2.05) is 50.2 Å². The fourth-order valence-electron chi connectivity index (χ4n) is 4.76. The number of carbonyl (C=O) groups is 3. The molecule has 10 heteroatoms. The van der Waals surface area contributed by atoms with Gasteiger partial charge in [-0.3, -0.25) is 19.4 Å². The van der Waals surface area contributed by atoms with Gasteiger partial charge in [-0.1, -0.05) is 42.5 Å². The van der Waals surface area contributed by atoms with E-state index < -0.39 is 34.7 Å². The monoisotopic (exact) mass is 562 g/mol. The minimum Gasteiger partial charge on any atom is -0.508 e. The highest BCUT2D eigenvalue weighted by molar-refractivity contribution is 8.00. The van der Waals surface area contributed by atoms with Gasteiger partial charge in [0.25, 0.3) is 11.8 Å². The first-order valence-corrected chi connectivity index (χ1v) is 14.0. The standard InChI is InChI=1S/C30H34N4O5S/c1-19-22(13-9-14-24(19)35)27(37)33-23(16-20-10-5-4-6-11-20)25(36)29(39)34-18-40-30(2,3)26(34)28(38)32-17-21-12-7-8-15-31-21/h4-15,23,25-26,35-36H,16-18H2,1-3H3,(H,32,38)(H,33,37)/t23-,25-,26+/m0/s1. The van der Waals surface area contributed by atoms with Crippen LogP contribution >= 0.6 is 11.8 Å². The molecule has 2 heterocycles. The maximum atomic E-state index is 13.8. The van der Waals surface area contributed by atoms with Crippen LogP contribution in [0.1, 0.15) is 41.0 Å². The molecule has 0 aliphatic carbocycles. The Kier molecular flexibility index (Phi) is 9.11. The number of amides is 3. The Bertz CT molecular complexity index is 1350. The van der Waals surface area contributed by atoms with Gasteiger partial charge in [-0.15, -0.1) is 11.8 Å². The smallest absolute Gasteiger partial charge is 0.254 e. The predicted molar refractivity (Wildman–Crippen MR) is 154 cm³/mol. The topological polar surface area (TPSA) is 132 Å². The summed E-state index contributed by atoms with van der Waals surface area (Å²) in [6, 6.07) is 17.4. The fraction of sp³-hybridized carbons (Fsp3) is 0.333. The summed E-state index contributed by atoms with van der Waals surface area (Å²) >= 11 is 1.44. The molecule has 3 atom stereocenters. The van der Waals surface area contributed by atoms with Crippen LogP contribution in [0.2, 0.25) is 0 Å². The van der Waals surface area contributed by atoms with Crippen molar-refractivity contribution < 1.29 is 24.6 Å². The van der Waals surface area contributed by atoms with Gasteiger partial charge >= 0.3 is 0 Å². The molecule has 2 aromatic carbocycles. The normalized spacial score (nSPS) is 17.6. The molecule has 3 aromatic rings. The lowest BCUT2D eigenvalue weighted by Crippen LogP contribution is -2.58. The van der Waals surface area contributed by atoms with Crippen molar-refractivity contribution in [3.63, 3.8) is 0 Å². The van der Waals surface area contributed by atoms with Crippen LogP contribution in [0.15, 0.2) is 72.9 Å². The summed E-state index contributed by atoms with van der Waals surface area (Å²) in [5.41, 5.74) is 2.13. The third kappa shape index (κ3) is 6.63. The second kappa shape index (κ2) is 12.5. The molecule has 0 radical (unpaired) electrons. The molecule has 9 nitrogen and oxygen atoms in total. The van der Waals surface area contributed by atoms with Crippen LogP contribution in [0.3, 0.4) is 0 Å². The molecule has 1 aliphatic rings. The van der Waals surface area contributed by atoms with Crippen molar-refractivity contribution in [2.24, 2.45) is 0 Å². The zero-order valence-corrected chi connectivity index (χ0v) is 23.5. The van der Waals surface area contributed by atoms with Crippen LogP contribution in [0.5, 0.6) is 5.75 Å². The minimum atomic E-state index is -1.62. The van der Waals surface area contributed by atoms with Gasteiger partial charge in [0.1, 0.15) is 11.8 Å². The van der Waals surface area contributed by atoms with E-state index in [4.69, 9.17) is 0 Å². The minimum absolute atomic E-state index is 0.0280. The maximum Gasteiger partial charge on any atom is 0.254 e. The first-order valence-electron chi connectivity index (χ1n) is 13.0. The van der Waals surface area contributed by atoms with E-state index in [0.717, 1.165) is 5.56 Å². The highest BCUT2D eigenvalue weighted by Crippen LogP contribution is 2.40. The molecule has 210 valence electrons.